The third-order valence-electron chi connectivity index (χ3n) is 5.38. The van der Waals surface area contributed by atoms with Gasteiger partial charge in [0.1, 0.15) is 17.9 Å². The topological polar surface area (TPSA) is 49.2 Å². The third-order valence-corrected chi connectivity index (χ3v) is 6.37. The summed E-state index contributed by atoms with van der Waals surface area (Å²) >= 11 is 1.49. The van der Waals surface area contributed by atoms with Gasteiger partial charge < -0.3 is 9.47 Å². The van der Waals surface area contributed by atoms with E-state index in [-0.39, 0.29) is 5.82 Å². The lowest BCUT2D eigenvalue weighted by atomic mass is 10.1. The molecule has 1 unspecified atom stereocenters. The Kier molecular flexibility index (Phi) is 5.68. The molecule has 0 N–H and O–H groups in total. The number of hydrogen-bond donors (Lipinski definition) is 0. The average Bonchev–Trinajstić information content (AvgIpc) is 3.26. The lowest BCUT2D eigenvalue weighted by Crippen LogP contribution is -2.19. The molecule has 162 valence electrons. The third kappa shape index (κ3) is 4.13. The highest BCUT2D eigenvalue weighted by Crippen LogP contribution is 2.39. The Hall–Kier alpha value is -3.16. The van der Waals surface area contributed by atoms with Gasteiger partial charge in [0, 0.05) is 22.4 Å². The summed E-state index contributed by atoms with van der Waals surface area (Å²) in [4.78, 5) is 0. The van der Waals surface area contributed by atoms with Gasteiger partial charge in [-0.3, -0.25) is 4.57 Å². The fourth-order valence-electron chi connectivity index (χ4n) is 3.86. The lowest BCUT2D eigenvalue weighted by Gasteiger charge is -2.28. The molecule has 0 saturated heterocycles. The maximum absolute atomic E-state index is 14.3. The summed E-state index contributed by atoms with van der Waals surface area (Å²) in [6.07, 6.45) is 1.19. The van der Waals surface area contributed by atoms with E-state index in [9.17, 15) is 4.39 Å². The van der Waals surface area contributed by atoms with E-state index in [4.69, 9.17) is 9.47 Å². The Bertz CT molecular complexity index is 1260. The number of rotatable bonds is 5. The second-order valence-electron chi connectivity index (χ2n) is 7.79. The summed E-state index contributed by atoms with van der Waals surface area (Å²) in [5.41, 5.74) is 5.77. The average molecular weight is 448 g/mol. The number of hydrogen-bond acceptors (Lipinski definition) is 5. The minimum absolute atomic E-state index is 0.295. The summed E-state index contributed by atoms with van der Waals surface area (Å²) in [5.74, 6) is 0.864. The Morgan fingerprint density at radius 3 is 2.75 bits per heavy atom. The fraction of sp³-hybridized carbons (Fsp3) is 0.200. The highest BCUT2D eigenvalue weighted by molar-refractivity contribution is 7.98. The number of aromatic nitrogens is 3. The first-order chi connectivity index (χ1) is 15.6. The minimum Gasteiger partial charge on any atom is -0.460 e. The molecule has 1 aliphatic heterocycles. The maximum Gasteiger partial charge on any atom is 0.227 e. The number of benzene rings is 3. The van der Waals surface area contributed by atoms with Crippen molar-refractivity contribution in [2.24, 2.45) is 0 Å². The van der Waals surface area contributed by atoms with Crippen LogP contribution >= 0.6 is 11.8 Å². The number of aryl methyl sites for hydroxylation is 2. The predicted octanol–water partition coefficient (Wildman–Crippen LogP) is 5.92. The molecule has 0 fully saturated rings. The SMILES string of the molecule is Cc1ccc(-n2cnnc2SCc2cc(F)cc3c2OC(c2ccccc2)OC3)c(C)c1. The van der Waals surface area contributed by atoms with E-state index in [1.54, 1.807) is 6.33 Å². The highest BCUT2D eigenvalue weighted by atomic mass is 32.2. The van der Waals surface area contributed by atoms with Gasteiger partial charge in [-0.15, -0.1) is 10.2 Å². The molecule has 5 rings (SSSR count). The Labute approximate surface area is 190 Å². The van der Waals surface area contributed by atoms with Gasteiger partial charge in [-0.1, -0.05) is 59.8 Å². The predicted molar refractivity (Wildman–Crippen MR) is 121 cm³/mol. The van der Waals surface area contributed by atoms with E-state index < -0.39 is 6.29 Å². The van der Waals surface area contributed by atoms with Gasteiger partial charge in [-0.2, -0.15) is 0 Å². The molecule has 0 amide bonds. The normalized spacial score (nSPS) is 15.3. The van der Waals surface area contributed by atoms with Gasteiger partial charge in [0.05, 0.1) is 12.3 Å². The maximum atomic E-state index is 14.3. The standard InChI is InChI=1S/C25H22FN3O2S/c1-16-8-9-22(17(2)10-16)29-15-27-28-25(29)32-14-20-12-21(26)11-19-13-30-24(31-23(19)20)18-6-4-3-5-7-18/h3-12,15,24H,13-14H2,1-2H3. The molecule has 32 heavy (non-hydrogen) atoms. The number of ether oxygens (including phenoxy) is 2. The summed E-state index contributed by atoms with van der Waals surface area (Å²) in [6.45, 7) is 4.43. The number of nitrogens with zero attached hydrogens (tertiary/aromatic N) is 3. The smallest absolute Gasteiger partial charge is 0.227 e. The van der Waals surface area contributed by atoms with Crippen LogP contribution in [0.15, 0.2) is 72.1 Å². The molecular weight excluding hydrogens is 425 g/mol. The zero-order chi connectivity index (χ0) is 22.1. The van der Waals surface area contributed by atoms with E-state index >= 15 is 0 Å². The van der Waals surface area contributed by atoms with Crippen LogP contribution in [-0.4, -0.2) is 14.8 Å². The van der Waals surface area contributed by atoms with Crippen LogP contribution in [0, 0.1) is 19.7 Å². The van der Waals surface area contributed by atoms with Crippen molar-refractivity contribution >= 4 is 11.8 Å². The van der Waals surface area contributed by atoms with Crippen LogP contribution in [0.2, 0.25) is 0 Å². The monoisotopic (exact) mass is 447 g/mol. The largest absolute Gasteiger partial charge is 0.460 e. The second kappa shape index (κ2) is 8.76. The fourth-order valence-corrected chi connectivity index (χ4v) is 4.75. The van der Waals surface area contributed by atoms with Crippen LogP contribution in [0.4, 0.5) is 4.39 Å². The molecule has 0 bridgehead atoms. The summed E-state index contributed by atoms with van der Waals surface area (Å²) in [6, 6.07) is 19.0. The second-order valence-corrected chi connectivity index (χ2v) is 8.73. The molecule has 3 aromatic carbocycles. The van der Waals surface area contributed by atoms with E-state index in [0.717, 1.165) is 27.5 Å². The summed E-state index contributed by atoms with van der Waals surface area (Å²) in [5, 5.41) is 9.12. The molecule has 4 aromatic rings. The number of thioether (sulfide) groups is 1. The van der Waals surface area contributed by atoms with E-state index in [2.05, 4.69) is 42.2 Å². The van der Waals surface area contributed by atoms with Gasteiger partial charge in [-0.25, -0.2) is 4.39 Å². The minimum atomic E-state index is -0.517. The van der Waals surface area contributed by atoms with Gasteiger partial charge >= 0.3 is 0 Å². The molecule has 5 nitrogen and oxygen atoms in total. The first-order valence-corrected chi connectivity index (χ1v) is 11.3. The first kappa shape index (κ1) is 20.7. The summed E-state index contributed by atoms with van der Waals surface area (Å²) < 4.78 is 28.3. The van der Waals surface area contributed by atoms with Crippen LogP contribution < -0.4 is 4.74 Å². The Morgan fingerprint density at radius 2 is 1.94 bits per heavy atom. The van der Waals surface area contributed by atoms with Crippen molar-refractivity contribution in [1.82, 2.24) is 14.8 Å². The van der Waals surface area contributed by atoms with Crippen LogP contribution in [0.3, 0.4) is 0 Å². The van der Waals surface area contributed by atoms with Crippen molar-refractivity contribution < 1.29 is 13.9 Å². The van der Waals surface area contributed by atoms with Crippen LogP contribution in [0.5, 0.6) is 5.75 Å². The van der Waals surface area contributed by atoms with Gasteiger partial charge in [0.2, 0.25) is 6.29 Å². The molecule has 1 aromatic heterocycles. The molecule has 1 aliphatic rings. The Morgan fingerprint density at radius 1 is 1.09 bits per heavy atom. The van der Waals surface area contributed by atoms with Crippen molar-refractivity contribution in [2.45, 2.75) is 37.7 Å². The quantitative estimate of drug-likeness (QED) is 0.355. The van der Waals surface area contributed by atoms with Crippen LogP contribution in [-0.2, 0) is 17.1 Å². The van der Waals surface area contributed by atoms with E-state index in [1.165, 1.54) is 29.5 Å². The van der Waals surface area contributed by atoms with Crippen molar-refractivity contribution in [2.75, 3.05) is 0 Å². The number of fused-ring (bicyclic) bond motifs is 1. The Balaban J connectivity index is 1.41. The molecule has 0 spiro atoms. The highest BCUT2D eigenvalue weighted by Gasteiger charge is 2.25. The van der Waals surface area contributed by atoms with Crippen molar-refractivity contribution in [3.8, 4) is 11.4 Å². The van der Waals surface area contributed by atoms with Gasteiger partial charge in [0.25, 0.3) is 0 Å². The molecule has 7 heteroatoms. The molecule has 0 saturated carbocycles. The molecular formula is C25H22FN3O2S. The van der Waals surface area contributed by atoms with Crippen molar-refractivity contribution in [3.63, 3.8) is 0 Å². The molecule has 0 aliphatic carbocycles. The molecule has 1 atom stereocenters. The zero-order valence-corrected chi connectivity index (χ0v) is 18.6. The van der Waals surface area contributed by atoms with Crippen LogP contribution in [0.1, 0.15) is 34.1 Å². The van der Waals surface area contributed by atoms with Crippen LogP contribution in [0.25, 0.3) is 5.69 Å². The molecule has 0 radical (unpaired) electrons. The number of halogens is 1. The lowest BCUT2D eigenvalue weighted by molar-refractivity contribution is -0.112. The first-order valence-electron chi connectivity index (χ1n) is 10.3. The van der Waals surface area contributed by atoms with Crippen molar-refractivity contribution in [1.29, 1.82) is 0 Å². The van der Waals surface area contributed by atoms with Gasteiger partial charge in [-0.05, 0) is 37.6 Å². The molecule has 2 heterocycles. The van der Waals surface area contributed by atoms with Gasteiger partial charge in [0.15, 0.2) is 5.16 Å². The van der Waals surface area contributed by atoms with E-state index in [0.29, 0.717) is 23.7 Å². The van der Waals surface area contributed by atoms with Crippen molar-refractivity contribution in [3.05, 3.63) is 101 Å². The van der Waals surface area contributed by atoms with E-state index in [1.807, 2.05) is 34.9 Å². The summed E-state index contributed by atoms with van der Waals surface area (Å²) in [7, 11) is 0. The zero-order valence-electron chi connectivity index (χ0n) is 17.8.